The fourth-order valence-corrected chi connectivity index (χ4v) is 10.6. The van der Waals surface area contributed by atoms with Crippen molar-refractivity contribution in [3.63, 3.8) is 0 Å². The SMILES string of the molecule is C=C1C[C@@]23CC[C@H]4[C@@](C)(CCC[C@@]4(C)C(=O)O)[C@@H]2CC[C@]1(O[C@H]1O[C@@H](CO)[C@H](O)[C@H](O)[C@@H]1O[C@@H]1O[C@H](CO)[C@@H](O)[C@H](O)[C@@H]1O)C3. The molecule has 2 aliphatic heterocycles. The molecule has 2 saturated heterocycles. The molecule has 1 spiro atoms. The largest absolute Gasteiger partial charge is 0.481 e. The zero-order valence-corrected chi connectivity index (χ0v) is 26.0. The second-order valence-corrected chi connectivity index (χ2v) is 15.2. The first-order chi connectivity index (χ1) is 21.2. The maximum atomic E-state index is 12.5. The third-order valence-corrected chi connectivity index (χ3v) is 12.9. The Kier molecular flexibility index (Phi) is 8.77. The summed E-state index contributed by atoms with van der Waals surface area (Å²) < 4.78 is 24.1. The summed E-state index contributed by atoms with van der Waals surface area (Å²) in [5.41, 5.74) is -1.10. The van der Waals surface area contributed by atoms with Crippen LogP contribution in [0.15, 0.2) is 12.2 Å². The summed E-state index contributed by atoms with van der Waals surface area (Å²) >= 11 is 0. The monoisotopic (exact) mass is 642 g/mol. The number of aliphatic hydroxyl groups excluding tert-OH is 7. The highest BCUT2D eigenvalue weighted by molar-refractivity contribution is 5.75. The third-order valence-electron chi connectivity index (χ3n) is 12.9. The average molecular weight is 643 g/mol. The maximum Gasteiger partial charge on any atom is 0.309 e. The van der Waals surface area contributed by atoms with Crippen molar-refractivity contribution in [1.82, 2.24) is 0 Å². The molecule has 0 radical (unpaired) electrons. The van der Waals surface area contributed by atoms with Crippen LogP contribution in [-0.4, -0.2) is 127 Å². The first-order valence-electron chi connectivity index (χ1n) is 16.3. The zero-order chi connectivity index (χ0) is 32.7. The highest BCUT2D eigenvalue weighted by atomic mass is 16.8. The number of fused-ring (bicyclic) bond motifs is 3. The van der Waals surface area contributed by atoms with Crippen LogP contribution in [0.25, 0.3) is 0 Å². The van der Waals surface area contributed by atoms with Gasteiger partial charge >= 0.3 is 5.97 Å². The molecule has 256 valence electrons. The Labute approximate surface area is 262 Å². The lowest BCUT2D eigenvalue weighted by molar-refractivity contribution is -0.378. The van der Waals surface area contributed by atoms with Crippen LogP contribution in [0.4, 0.5) is 0 Å². The van der Waals surface area contributed by atoms with Crippen molar-refractivity contribution in [2.75, 3.05) is 13.2 Å². The number of rotatable bonds is 7. The van der Waals surface area contributed by atoms with Crippen LogP contribution in [-0.2, 0) is 23.7 Å². The van der Waals surface area contributed by atoms with Crippen LogP contribution in [0, 0.1) is 28.1 Å². The molecule has 0 aromatic heterocycles. The molecule has 6 fully saturated rings. The Balaban J connectivity index is 1.26. The standard InChI is InChI=1S/C32H50O13/c1-15-11-31-9-5-18-29(2,7-4-8-30(18,3)28(40)41)19(31)6-10-32(15,14-31)45-27-25(23(38)21(36)17(13-34)43-27)44-26-24(39)22(37)20(35)16(12-33)42-26/h16-27,33-39H,1,4-14H2,2-3H3,(H,40,41)/t16-,17+,18+,19+,20-,21+,22+,23+,24+,25+,26+,27-,29-,30-,31-,32+/m1/s1. The van der Waals surface area contributed by atoms with Gasteiger partial charge in [0.2, 0.25) is 0 Å². The van der Waals surface area contributed by atoms with Gasteiger partial charge < -0.3 is 59.8 Å². The van der Waals surface area contributed by atoms with Gasteiger partial charge in [-0.05, 0) is 86.5 Å². The van der Waals surface area contributed by atoms with Gasteiger partial charge in [-0.2, -0.15) is 0 Å². The summed E-state index contributed by atoms with van der Waals surface area (Å²) in [6.45, 7) is 7.33. The van der Waals surface area contributed by atoms with E-state index in [1.165, 1.54) is 0 Å². The smallest absolute Gasteiger partial charge is 0.309 e. The molecule has 45 heavy (non-hydrogen) atoms. The van der Waals surface area contributed by atoms with E-state index in [0.29, 0.717) is 25.7 Å². The van der Waals surface area contributed by atoms with Gasteiger partial charge in [-0.1, -0.05) is 19.9 Å². The van der Waals surface area contributed by atoms with E-state index in [1.807, 2.05) is 6.92 Å². The molecule has 8 N–H and O–H groups in total. The number of ether oxygens (including phenoxy) is 4. The fraction of sp³-hybridized carbons (Fsp3) is 0.906. The Morgan fingerprint density at radius 3 is 2.11 bits per heavy atom. The van der Waals surface area contributed by atoms with Crippen molar-refractivity contribution in [2.24, 2.45) is 28.1 Å². The maximum absolute atomic E-state index is 12.5. The fourth-order valence-electron chi connectivity index (χ4n) is 10.6. The Hall–Kier alpha value is -1.23. The van der Waals surface area contributed by atoms with Gasteiger partial charge in [-0.25, -0.2) is 0 Å². The van der Waals surface area contributed by atoms with Crippen molar-refractivity contribution in [3.8, 4) is 0 Å². The molecule has 4 aliphatic carbocycles. The number of aliphatic hydroxyl groups is 7. The minimum absolute atomic E-state index is 0.0640. The molecule has 13 heteroatoms. The van der Waals surface area contributed by atoms with E-state index >= 15 is 0 Å². The second kappa shape index (κ2) is 11.7. The van der Waals surface area contributed by atoms with Gasteiger partial charge in [0.1, 0.15) is 48.8 Å². The molecule has 2 heterocycles. The third kappa shape index (κ3) is 5.04. The van der Waals surface area contributed by atoms with Crippen molar-refractivity contribution >= 4 is 5.97 Å². The summed E-state index contributed by atoms with van der Waals surface area (Å²) in [6.07, 6.45) is -8.44. The molecule has 6 rings (SSSR count). The van der Waals surface area contributed by atoms with Crippen LogP contribution in [0.1, 0.15) is 71.6 Å². The van der Waals surface area contributed by atoms with Crippen LogP contribution in [0.2, 0.25) is 0 Å². The lowest BCUT2D eigenvalue weighted by atomic mass is 9.41. The Morgan fingerprint density at radius 1 is 0.844 bits per heavy atom. The summed E-state index contributed by atoms with van der Waals surface area (Å²) in [7, 11) is 0. The molecule has 13 nitrogen and oxygen atoms in total. The predicted octanol–water partition coefficient (Wildman–Crippen LogP) is -0.197. The zero-order valence-electron chi connectivity index (χ0n) is 26.0. The molecule has 6 aliphatic rings. The van der Waals surface area contributed by atoms with E-state index < -0.39 is 91.6 Å². The van der Waals surface area contributed by atoms with Gasteiger partial charge in [0.15, 0.2) is 12.6 Å². The van der Waals surface area contributed by atoms with Crippen molar-refractivity contribution < 1.29 is 64.6 Å². The first-order valence-corrected chi connectivity index (χ1v) is 16.3. The van der Waals surface area contributed by atoms with Gasteiger partial charge in [-0.3, -0.25) is 4.79 Å². The minimum atomic E-state index is -1.76. The van der Waals surface area contributed by atoms with Crippen molar-refractivity contribution in [1.29, 1.82) is 0 Å². The summed E-state index contributed by atoms with van der Waals surface area (Å²) in [5.74, 6) is -0.392. The van der Waals surface area contributed by atoms with Gasteiger partial charge in [0, 0.05) is 0 Å². The molecule has 0 unspecified atom stereocenters. The number of carboxylic acid groups (broad SMARTS) is 1. The summed E-state index contributed by atoms with van der Waals surface area (Å²) in [4.78, 5) is 12.5. The number of aliphatic carboxylic acids is 1. The minimum Gasteiger partial charge on any atom is -0.481 e. The van der Waals surface area contributed by atoms with E-state index in [1.54, 1.807) is 0 Å². The topological polar surface area (TPSA) is 216 Å². The average Bonchev–Trinajstić information content (AvgIpc) is 3.19. The first kappa shape index (κ1) is 33.7. The van der Waals surface area contributed by atoms with E-state index in [-0.39, 0.29) is 22.7 Å². The van der Waals surface area contributed by atoms with Crippen molar-refractivity contribution in [3.05, 3.63) is 12.2 Å². The van der Waals surface area contributed by atoms with Gasteiger partial charge in [0.05, 0.1) is 24.2 Å². The predicted molar refractivity (Wildman–Crippen MR) is 154 cm³/mol. The Morgan fingerprint density at radius 2 is 1.47 bits per heavy atom. The van der Waals surface area contributed by atoms with Crippen molar-refractivity contribution in [2.45, 2.75) is 139 Å². The molecule has 2 bridgehead atoms. The number of hydrogen-bond donors (Lipinski definition) is 8. The molecule has 0 aromatic carbocycles. The van der Waals surface area contributed by atoms with Crippen LogP contribution < -0.4 is 0 Å². The molecular formula is C32H50O13. The Bertz CT molecular complexity index is 1150. The molecule has 0 aromatic rings. The quantitative estimate of drug-likeness (QED) is 0.134. The van der Waals surface area contributed by atoms with Crippen LogP contribution in [0.3, 0.4) is 0 Å². The van der Waals surface area contributed by atoms with E-state index in [2.05, 4.69) is 13.5 Å². The van der Waals surface area contributed by atoms with E-state index in [9.17, 15) is 45.6 Å². The molecular weight excluding hydrogens is 592 g/mol. The molecule has 0 amide bonds. The molecule has 4 saturated carbocycles. The van der Waals surface area contributed by atoms with Gasteiger partial charge in [0.25, 0.3) is 0 Å². The van der Waals surface area contributed by atoms with E-state index in [4.69, 9.17) is 18.9 Å². The number of carbonyl (C=O) groups is 1. The molecule has 16 atom stereocenters. The highest BCUT2D eigenvalue weighted by Gasteiger charge is 2.69. The normalized spacial score (nSPS) is 54.7. The van der Waals surface area contributed by atoms with Crippen LogP contribution in [0.5, 0.6) is 0 Å². The number of carboxylic acids is 1. The summed E-state index contributed by atoms with van der Waals surface area (Å²) in [6, 6.07) is 0. The van der Waals surface area contributed by atoms with E-state index in [0.717, 1.165) is 37.7 Å². The summed E-state index contributed by atoms with van der Waals surface area (Å²) in [5, 5.41) is 82.8. The lowest BCUT2D eigenvalue weighted by Gasteiger charge is -2.64. The second-order valence-electron chi connectivity index (χ2n) is 15.2. The van der Waals surface area contributed by atoms with Crippen LogP contribution >= 0.6 is 0 Å². The highest BCUT2D eigenvalue weighted by Crippen LogP contribution is 2.73. The number of hydrogen-bond acceptors (Lipinski definition) is 12. The van der Waals surface area contributed by atoms with Gasteiger partial charge in [-0.15, -0.1) is 0 Å². The lowest BCUT2D eigenvalue weighted by Crippen LogP contribution is -2.65.